The highest BCUT2D eigenvalue weighted by molar-refractivity contribution is 5.86. The summed E-state index contributed by atoms with van der Waals surface area (Å²) in [4.78, 5) is 39.3. The first kappa shape index (κ1) is 30.0. The maximum Gasteiger partial charge on any atom is 0.348 e. The molecule has 0 saturated heterocycles. The van der Waals surface area contributed by atoms with E-state index in [0.717, 1.165) is 16.9 Å². The first-order valence-corrected chi connectivity index (χ1v) is 13.7. The van der Waals surface area contributed by atoms with Crippen LogP contribution in [0.4, 0.5) is 0 Å². The fourth-order valence-electron chi connectivity index (χ4n) is 4.33. The van der Waals surface area contributed by atoms with Gasteiger partial charge in [-0.05, 0) is 55.0 Å². The molecule has 2 aromatic carbocycles. The SMILES string of the molecule is CCC[C@@H]1OC(=O)[C@@H](C(C)C)OC(=O)[C@@H](Cc2ccc(O)cc2)NCCOc2ccccc2CCCNC1=O. The van der Waals surface area contributed by atoms with Gasteiger partial charge in [0, 0.05) is 19.0 Å². The molecule has 0 aliphatic carbocycles. The highest BCUT2D eigenvalue weighted by Crippen LogP contribution is 2.20. The quantitative estimate of drug-likeness (QED) is 0.494. The van der Waals surface area contributed by atoms with Crippen molar-refractivity contribution in [2.75, 3.05) is 19.7 Å². The molecule has 9 heteroatoms. The van der Waals surface area contributed by atoms with Gasteiger partial charge in [0.25, 0.3) is 5.91 Å². The number of nitrogens with one attached hydrogen (secondary N) is 2. The normalized spacial score (nSPS) is 21.9. The van der Waals surface area contributed by atoms with Crippen LogP contribution in [0.2, 0.25) is 0 Å². The number of carbonyl (C=O) groups is 3. The molecule has 3 atom stereocenters. The van der Waals surface area contributed by atoms with Crippen LogP contribution in [0.1, 0.15) is 51.2 Å². The number of cyclic esters (lactones) is 2. The van der Waals surface area contributed by atoms with Gasteiger partial charge in [-0.1, -0.05) is 57.5 Å². The Hall–Kier alpha value is -3.59. The number of benzene rings is 2. The smallest absolute Gasteiger partial charge is 0.348 e. The number of ether oxygens (including phenoxy) is 3. The molecule has 39 heavy (non-hydrogen) atoms. The average Bonchev–Trinajstić information content (AvgIpc) is 2.91. The molecule has 0 spiro atoms. The van der Waals surface area contributed by atoms with Crippen LogP contribution in [0, 0.1) is 5.92 Å². The van der Waals surface area contributed by atoms with Gasteiger partial charge in [0.15, 0.2) is 6.10 Å². The van der Waals surface area contributed by atoms with Crippen LogP contribution in [-0.4, -0.2) is 60.9 Å². The molecule has 1 aliphatic heterocycles. The summed E-state index contributed by atoms with van der Waals surface area (Å²) in [5, 5.41) is 15.7. The number of phenols is 1. The fourth-order valence-corrected chi connectivity index (χ4v) is 4.33. The Morgan fingerprint density at radius 2 is 1.72 bits per heavy atom. The van der Waals surface area contributed by atoms with Gasteiger partial charge in [-0.3, -0.25) is 9.59 Å². The molecule has 0 saturated carbocycles. The van der Waals surface area contributed by atoms with Crippen molar-refractivity contribution in [3.63, 3.8) is 0 Å². The van der Waals surface area contributed by atoms with Crippen molar-refractivity contribution in [3.05, 3.63) is 59.7 Å². The zero-order valence-electron chi connectivity index (χ0n) is 23.0. The average molecular weight is 541 g/mol. The molecule has 1 heterocycles. The van der Waals surface area contributed by atoms with Gasteiger partial charge in [-0.2, -0.15) is 0 Å². The van der Waals surface area contributed by atoms with Crippen LogP contribution < -0.4 is 15.4 Å². The Bertz CT molecular complexity index is 1090. The van der Waals surface area contributed by atoms with Crippen molar-refractivity contribution in [3.8, 4) is 11.5 Å². The Kier molecular flexibility index (Phi) is 11.6. The predicted molar refractivity (Wildman–Crippen MR) is 146 cm³/mol. The van der Waals surface area contributed by atoms with E-state index >= 15 is 0 Å². The monoisotopic (exact) mass is 540 g/mol. The summed E-state index contributed by atoms with van der Waals surface area (Å²) in [6.45, 7) is 6.51. The predicted octanol–water partition coefficient (Wildman–Crippen LogP) is 3.31. The second-order valence-corrected chi connectivity index (χ2v) is 10.0. The molecule has 0 aromatic heterocycles. The summed E-state index contributed by atoms with van der Waals surface area (Å²) in [6, 6.07) is 13.5. The number of aryl methyl sites for hydroxylation is 1. The van der Waals surface area contributed by atoms with Crippen molar-refractivity contribution < 1.29 is 33.7 Å². The number of esters is 2. The van der Waals surface area contributed by atoms with E-state index in [1.807, 2.05) is 31.2 Å². The van der Waals surface area contributed by atoms with E-state index in [2.05, 4.69) is 10.6 Å². The van der Waals surface area contributed by atoms with Gasteiger partial charge in [-0.15, -0.1) is 0 Å². The third-order valence-corrected chi connectivity index (χ3v) is 6.49. The summed E-state index contributed by atoms with van der Waals surface area (Å²) in [7, 11) is 0. The molecule has 1 amide bonds. The standard InChI is InChI=1S/C30H40N2O7/c1-4-8-26-28(34)32-16-7-10-22-9-5-6-11-25(22)37-18-17-31-24(19-21-12-14-23(33)15-13-21)29(35)39-27(20(2)3)30(36)38-26/h5-6,9,11-15,20,24,26-27,31,33H,4,7-8,10,16-19H2,1-3H3,(H,32,34)/t24-,26+,27-/m1/s1. The molecule has 3 rings (SSSR count). The lowest BCUT2D eigenvalue weighted by atomic mass is 10.0. The number of amides is 1. The number of hydrogen-bond donors (Lipinski definition) is 3. The second-order valence-electron chi connectivity index (χ2n) is 10.0. The highest BCUT2D eigenvalue weighted by Gasteiger charge is 2.34. The van der Waals surface area contributed by atoms with Crippen LogP contribution in [0.3, 0.4) is 0 Å². The molecular formula is C30H40N2O7. The van der Waals surface area contributed by atoms with Crippen molar-refractivity contribution in [2.24, 2.45) is 5.92 Å². The lowest BCUT2D eigenvalue weighted by Gasteiger charge is -2.26. The minimum Gasteiger partial charge on any atom is -0.508 e. The summed E-state index contributed by atoms with van der Waals surface area (Å²) in [5.41, 5.74) is 1.82. The first-order chi connectivity index (χ1) is 18.8. The van der Waals surface area contributed by atoms with Crippen molar-refractivity contribution >= 4 is 17.8 Å². The maximum atomic E-state index is 13.3. The van der Waals surface area contributed by atoms with Gasteiger partial charge < -0.3 is 30.0 Å². The van der Waals surface area contributed by atoms with E-state index < -0.39 is 30.2 Å². The largest absolute Gasteiger partial charge is 0.508 e. The van der Waals surface area contributed by atoms with Gasteiger partial charge >= 0.3 is 11.9 Å². The fraction of sp³-hybridized carbons (Fsp3) is 0.500. The molecule has 212 valence electrons. The molecule has 0 radical (unpaired) electrons. The van der Waals surface area contributed by atoms with Gasteiger partial charge in [0.2, 0.25) is 6.10 Å². The topological polar surface area (TPSA) is 123 Å². The summed E-state index contributed by atoms with van der Waals surface area (Å²) >= 11 is 0. The summed E-state index contributed by atoms with van der Waals surface area (Å²) in [6.07, 6.45) is 0.527. The third kappa shape index (κ3) is 9.28. The van der Waals surface area contributed by atoms with Crippen LogP contribution in [0.25, 0.3) is 0 Å². The zero-order chi connectivity index (χ0) is 28.2. The van der Waals surface area contributed by atoms with Gasteiger partial charge in [0.1, 0.15) is 24.1 Å². The van der Waals surface area contributed by atoms with E-state index in [1.54, 1.807) is 38.1 Å². The van der Waals surface area contributed by atoms with Crippen LogP contribution in [0.5, 0.6) is 11.5 Å². The van der Waals surface area contributed by atoms with Gasteiger partial charge in [-0.25, -0.2) is 4.79 Å². The zero-order valence-corrected chi connectivity index (χ0v) is 23.0. The third-order valence-electron chi connectivity index (χ3n) is 6.49. The number of aromatic hydroxyl groups is 1. The minimum atomic E-state index is -1.17. The number of para-hydroxylation sites is 1. The maximum absolute atomic E-state index is 13.3. The van der Waals surface area contributed by atoms with Crippen LogP contribution >= 0.6 is 0 Å². The number of hydrogen-bond acceptors (Lipinski definition) is 8. The lowest BCUT2D eigenvalue weighted by molar-refractivity contribution is -0.177. The first-order valence-electron chi connectivity index (χ1n) is 13.7. The minimum absolute atomic E-state index is 0.124. The molecule has 0 bridgehead atoms. The summed E-state index contributed by atoms with van der Waals surface area (Å²) in [5.74, 6) is -1.21. The highest BCUT2D eigenvalue weighted by atomic mass is 16.6. The number of rotatable bonds is 5. The van der Waals surface area contributed by atoms with E-state index in [4.69, 9.17) is 14.2 Å². The molecule has 2 aromatic rings. The lowest BCUT2D eigenvalue weighted by Crippen LogP contribution is -2.47. The molecule has 0 fully saturated rings. The molecule has 3 N–H and O–H groups in total. The van der Waals surface area contributed by atoms with E-state index in [1.165, 1.54) is 0 Å². The van der Waals surface area contributed by atoms with E-state index in [0.29, 0.717) is 45.4 Å². The molecule has 0 unspecified atom stereocenters. The Morgan fingerprint density at radius 3 is 2.44 bits per heavy atom. The molecule has 1 aliphatic rings. The van der Waals surface area contributed by atoms with Crippen molar-refractivity contribution in [2.45, 2.75) is 71.1 Å². The Balaban J connectivity index is 1.85. The van der Waals surface area contributed by atoms with Crippen molar-refractivity contribution in [1.29, 1.82) is 0 Å². The van der Waals surface area contributed by atoms with E-state index in [9.17, 15) is 19.5 Å². The van der Waals surface area contributed by atoms with Crippen LogP contribution in [0.15, 0.2) is 48.5 Å². The molecular weight excluding hydrogens is 500 g/mol. The molecule has 9 nitrogen and oxygen atoms in total. The number of fused-ring (bicyclic) bond motifs is 1. The second kappa shape index (κ2) is 15.1. The Morgan fingerprint density at radius 1 is 0.974 bits per heavy atom. The number of carbonyl (C=O) groups excluding carboxylic acids is 3. The van der Waals surface area contributed by atoms with Gasteiger partial charge in [0.05, 0.1) is 0 Å². The van der Waals surface area contributed by atoms with E-state index in [-0.39, 0.29) is 24.0 Å². The number of phenolic OH excluding ortho intramolecular Hbond substituents is 1. The van der Waals surface area contributed by atoms with Crippen LogP contribution in [-0.2, 0) is 36.7 Å². The van der Waals surface area contributed by atoms with Crippen molar-refractivity contribution in [1.82, 2.24) is 10.6 Å². The Labute approximate surface area is 230 Å². The summed E-state index contributed by atoms with van der Waals surface area (Å²) < 4.78 is 17.3.